The number of aromatic amines is 1. The first-order chi connectivity index (χ1) is 6.96. The van der Waals surface area contributed by atoms with E-state index in [1.807, 2.05) is 0 Å². The Kier molecular flexibility index (Phi) is 2.02. The maximum absolute atomic E-state index is 12.1. The van der Waals surface area contributed by atoms with Crippen LogP contribution in [0.25, 0.3) is 5.52 Å². The number of hydrogen-bond acceptors (Lipinski definition) is 2. The summed E-state index contributed by atoms with van der Waals surface area (Å²) in [7, 11) is 0. The summed E-state index contributed by atoms with van der Waals surface area (Å²) in [6, 6.07) is 1.18. The molecule has 0 amide bonds. The van der Waals surface area contributed by atoms with Gasteiger partial charge in [0.05, 0.1) is 6.42 Å². The number of nitrogens with zero attached hydrogens (tertiary/aromatic N) is 2. The molecule has 0 aromatic carbocycles. The van der Waals surface area contributed by atoms with Gasteiger partial charge in [0.2, 0.25) is 0 Å². The monoisotopic (exact) mass is 217 g/mol. The van der Waals surface area contributed by atoms with Gasteiger partial charge in [0.25, 0.3) is 5.56 Å². The van der Waals surface area contributed by atoms with Crippen molar-refractivity contribution in [3.05, 3.63) is 34.5 Å². The van der Waals surface area contributed by atoms with E-state index >= 15 is 0 Å². The van der Waals surface area contributed by atoms with E-state index in [4.69, 9.17) is 0 Å². The van der Waals surface area contributed by atoms with Gasteiger partial charge in [-0.05, 0) is 11.6 Å². The number of halogens is 3. The summed E-state index contributed by atoms with van der Waals surface area (Å²) in [5, 5.41) is 3.69. The minimum Gasteiger partial charge on any atom is -0.310 e. The number of hydrogen-bond donors (Lipinski definition) is 1. The summed E-state index contributed by atoms with van der Waals surface area (Å²) in [5.74, 6) is 0. The highest BCUT2D eigenvalue weighted by atomic mass is 19.4. The molecule has 0 aliphatic rings. The highest BCUT2D eigenvalue weighted by Crippen LogP contribution is 2.21. The minimum atomic E-state index is -4.28. The Hall–Kier alpha value is -1.79. The van der Waals surface area contributed by atoms with Crippen LogP contribution in [0.5, 0.6) is 0 Å². The zero-order valence-corrected chi connectivity index (χ0v) is 7.38. The van der Waals surface area contributed by atoms with Crippen molar-refractivity contribution in [1.29, 1.82) is 0 Å². The van der Waals surface area contributed by atoms with E-state index in [1.165, 1.54) is 12.3 Å². The molecule has 0 bridgehead atoms. The molecule has 2 heterocycles. The third-order valence-electron chi connectivity index (χ3n) is 1.87. The summed E-state index contributed by atoms with van der Waals surface area (Å²) < 4.78 is 37.3. The van der Waals surface area contributed by atoms with Crippen LogP contribution in [0.1, 0.15) is 5.56 Å². The molecule has 0 aliphatic heterocycles. The van der Waals surface area contributed by atoms with Gasteiger partial charge in [-0.3, -0.25) is 4.79 Å². The Bertz CT molecular complexity index is 540. The topological polar surface area (TPSA) is 50.2 Å². The molecule has 2 rings (SSSR count). The molecule has 80 valence electrons. The number of fused-ring (bicyclic) bond motifs is 1. The summed E-state index contributed by atoms with van der Waals surface area (Å²) in [6.07, 6.45) is -3.02. The lowest BCUT2D eigenvalue weighted by Gasteiger charge is -2.02. The first kappa shape index (κ1) is 9.75. The van der Waals surface area contributed by atoms with Crippen molar-refractivity contribution in [1.82, 2.24) is 14.6 Å². The van der Waals surface area contributed by atoms with Crippen molar-refractivity contribution < 1.29 is 13.2 Å². The van der Waals surface area contributed by atoms with E-state index in [9.17, 15) is 18.0 Å². The van der Waals surface area contributed by atoms with Crippen molar-refractivity contribution >= 4 is 5.52 Å². The number of rotatable bonds is 1. The Morgan fingerprint density at radius 1 is 1.47 bits per heavy atom. The lowest BCUT2D eigenvalue weighted by molar-refractivity contribution is -0.127. The molecule has 0 fully saturated rings. The van der Waals surface area contributed by atoms with Crippen molar-refractivity contribution in [3.63, 3.8) is 0 Å². The third-order valence-corrected chi connectivity index (χ3v) is 1.87. The van der Waals surface area contributed by atoms with Crippen LogP contribution in [-0.2, 0) is 6.42 Å². The van der Waals surface area contributed by atoms with Crippen LogP contribution in [0, 0.1) is 0 Å². The molecule has 0 atom stereocenters. The van der Waals surface area contributed by atoms with Crippen LogP contribution >= 0.6 is 0 Å². The Morgan fingerprint density at radius 2 is 2.20 bits per heavy atom. The van der Waals surface area contributed by atoms with Crippen LogP contribution in [0.4, 0.5) is 13.2 Å². The largest absolute Gasteiger partial charge is 0.393 e. The van der Waals surface area contributed by atoms with E-state index in [2.05, 4.69) is 10.1 Å². The zero-order chi connectivity index (χ0) is 11.1. The first-order valence-electron chi connectivity index (χ1n) is 4.07. The second-order valence-electron chi connectivity index (χ2n) is 3.09. The summed E-state index contributed by atoms with van der Waals surface area (Å²) in [4.78, 5) is 13.4. The highest BCUT2D eigenvalue weighted by Gasteiger charge is 2.28. The van der Waals surface area contributed by atoms with Gasteiger partial charge in [-0.25, -0.2) is 4.52 Å². The SMILES string of the molecule is O=c1[nH]cnn2cc(CC(F)(F)F)cc12. The van der Waals surface area contributed by atoms with Gasteiger partial charge in [-0.15, -0.1) is 0 Å². The molecule has 0 saturated heterocycles. The van der Waals surface area contributed by atoms with E-state index in [0.717, 1.165) is 10.8 Å². The molecule has 0 spiro atoms. The average molecular weight is 217 g/mol. The molecule has 1 N–H and O–H groups in total. The molecule has 0 radical (unpaired) electrons. The van der Waals surface area contributed by atoms with Crippen molar-refractivity contribution in [2.24, 2.45) is 0 Å². The summed E-state index contributed by atoms with van der Waals surface area (Å²) in [5.41, 5.74) is -0.332. The zero-order valence-electron chi connectivity index (χ0n) is 7.38. The number of H-pyrrole nitrogens is 1. The molecule has 2 aromatic rings. The third kappa shape index (κ3) is 2.00. The molecular weight excluding hydrogens is 211 g/mol. The van der Waals surface area contributed by atoms with Gasteiger partial charge in [0.15, 0.2) is 0 Å². The predicted molar refractivity (Wildman–Crippen MR) is 45.6 cm³/mol. The normalized spacial score (nSPS) is 12.2. The second-order valence-corrected chi connectivity index (χ2v) is 3.09. The van der Waals surface area contributed by atoms with E-state index < -0.39 is 18.2 Å². The molecule has 0 aliphatic carbocycles. The minimum absolute atomic E-state index is 0.0201. The number of aromatic nitrogens is 3. The fraction of sp³-hybridized carbons (Fsp3) is 0.250. The molecule has 0 saturated carbocycles. The fourth-order valence-electron chi connectivity index (χ4n) is 1.32. The average Bonchev–Trinajstić information content (AvgIpc) is 2.45. The molecule has 2 aromatic heterocycles. The van der Waals surface area contributed by atoms with Crippen molar-refractivity contribution in [2.75, 3.05) is 0 Å². The van der Waals surface area contributed by atoms with Crippen LogP contribution in [0.2, 0.25) is 0 Å². The standard InChI is InChI=1S/C8H6F3N3O/c9-8(10,11)2-5-1-6-7(15)12-4-13-14(6)3-5/h1,3-4H,2H2,(H,12,13,15). The summed E-state index contributed by atoms with van der Waals surface area (Å²) in [6.45, 7) is 0. The highest BCUT2D eigenvalue weighted by molar-refractivity contribution is 5.47. The van der Waals surface area contributed by atoms with Crippen LogP contribution < -0.4 is 5.56 Å². The lowest BCUT2D eigenvalue weighted by Crippen LogP contribution is -2.10. The maximum Gasteiger partial charge on any atom is 0.393 e. The van der Waals surface area contributed by atoms with Crippen molar-refractivity contribution in [3.8, 4) is 0 Å². The Morgan fingerprint density at radius 3 is 2.80 bits per heavy atom. The van der Waals surface area contributed by atoms with Crippen molar-refractivity contribution in [2.45, 2.75) is 12.6 Å². The maximum atomic E-state index is 12.1. The quantitative estimate of drug-likeness (QED) is 0.778. The fourth-order valence-corrected chi connectivity index (χ4v) is 1.32. The first-order valence-corrected chi connectivity index (χ1v) is 4.07. The molecule has 15 heavy (non-hydrogen) atoms. The number of nitrogens with one attached hydrogen (secondary N) is 1. The van der Waals surface area contributed by atoms with Gasteiger partial charge >= 0.3 is 6.18 Å². The van der Waals surface area contributed by atoms with E-state index in [-0.39, 0.29) is 11.1 Å². The smallest absolute Gasteiger partial charge is 0.310 e. The summed E-state index contributed by atoms with van der Waals surface area (Å²) >= 11 is 0. The molecule has 4 nitrogen and oxygen atoms in total. The molecule has 7 heteroatoms. The lowest BCUT2D eigenvalue weighted by atomic mass is 10.2. The van der Waals surface area contributed by atoms with Gasteiger partial charge in [0, 0.05) is 6.20 Å². The number of alkyl halides is 3. The second kappa shape index (κ2) is 3.11. The van der Waals surface area contributed by atoms with Gasteiger partial charge in [-0.2, -0.15) is 18.3 Å². The van der Waals surface area contributed by atoms with Gasteiger partial charge < -0.3 is 4.98 Å². The van der Waals surface area contributed by atoms with Gasteiger partial charge in [-0.1, -0.05) is 0 Å². The molecular formula is C8H6F3N3O. The Labute approximate surface area is 81.3 Å². The predicted octanol–water partition coefficient (Wildman–Crippen LogP) is 1.13. The molecule has 0 unspecified atom stereocenters. The van der Waals surface area contributed by atoms with E-state index in [1.54, 1.807) is 0 Å². The van der Waals surface area contributed by atoms with Crippen LogP contribution in [0.15, 0.2) is 23.4 Å². The van der Waals surface area contributed by atoms with Gasteiger partial charge in [0.1, 0.15) is 11.8 Å². The van der Waals surface area contributed by atoms with Crippen LogP contribution in [-0.4, -0.2) is 20.8 Å². The van der Waals surface area contributed by atoms with E-state index in [0.29, 0.717) is 0 Å². The van der Waals surface area contributed by atoms with Crippen LogP contribution in [0.3, 0.4) is 0 Å². The Balaban J connectivity index is 2.48.